The fraction of sp³-hybridized carbons (Fsp3) is 0.208. The van der Waals surface area contributed by atoms with E-state index in [4.69, 9.17) is 23.2 Å². The van der Waals surface area contributed by atoms with Gasteiger partial charge in [-0.3, -0.25) is 9.10 Å². The number of carbonyl (C=O) groups excluding carboxylic acids is 1. The summed E-state index contributed by atoms with van der Waals surface area (Å²) in [6.07, 6.45) is -4.22. The number of rotatable bonds is 10. The molecule has 36 heavy (non-hydrogen) atoms. The second kappa shape index (κ2) is 12.2. The van der Waals surface area contributed by atoms with E-state index in [0.29, 0.717) is 27.6 Å². The van der Waals surface area contributed by atoms with Gasteiger partial charge < -0.3 is 5.32 Å². The molecule has 3 aromatic carbocycles. The largest absolute Gasteiger partial charge is 0.417 e. The SMILES string of the molecule is O=C(CN(c1ccc(Cl)c(C(F)(F)F)c1)S(=O)(=O)c1ccccc1)NCCCSc1ccc(Cl)cc1. The van der Waals surface area contributed by atoms with Gasteiger partial charge in [0, 0.05) is 16.5 Å². The molecular weight excluding hydrogens is 556 g/mol. The van der Waals surface area contributed by atoms with Crippen LogP contribution in [-0.4, -0.2) is 33.2 Å². The highest BCUT2D eigenvalue weighted by atomic mass is 35.5. The summed E-state index contributed by atoms with van der Waals surface area (Å²) in [4.78, 5) is 13.5. The van der Waals surface area contributed by atoms with Crippen molar-refractivity contribution in [1.82, 2.24) is 5.32 Å². The van der Waals surface area contributed by atoms with Gasteiger partial charge in [0.15, 0.2) is 0 Å². The van der Waals surface area contributed by atoms with E-state index in [-0.39, 0.29) is 17.1 Å². The lowest BCUT2D eigenvalue weighted by Crippen LogP contribution is -2.41. The van der Waals surface area contributed by atoms with E-state index < -0.39 is 39.2 Å². The van der Waals surface area contributed by atoms with Gasteiger partial charge in [-0.15, -0.1) is 11.8 Å². The van der Waals surface area contributed by atoms with Gasteiger partial charge in [0.1, 0.15) is 6.54 Å². The van der Waals surface area contributed by atoms with E-state index in [1.54, 1.807) is 30.0 Å². The molecule has 0 radical (unpaired) electrons. The Morgan fingerprint density at radius 2 is 1.64 bits per heavy atom. The van der Waals surface area contributed by atoms with E-state index in [9.17, 15) is 26.4 Å². The van der Waals surface area contributed by atoms with Gasteiger partial charge in [0.25, 0.3) is 10.0 Å². The Bertz CT molecular complexity index is 1290. The number of hydrogen-bond acceptors (Lipinski definition) is 4. The minimum absolute atomic E-state index is 0.166. The fourth-order valence-corrected chi connectivity index (χ4v) is 5.76. The molecular formula is C24H21Cl2F3N2O3S2. The number of hydrogen-bond donors (Lipinski definition) is 1. The molecule has 3 rings (SSSR count). The first-order chi connectivity index (χ1) is 17.0. The number of nitrogens with zero attached hydrogens (tertiary/aromatic N) is 1. The molecule has 0 bridgehead atoms. The Balaban J connectivity index is 1.73. The normalized spacial score (nSPS) is 11.8. The van der Waals surface area contributed by atoms with Crippen LogP contribution in [0.25, 0.3) is 0 Å². The van der Waals surface area contributed by atoms with Gasteiger partial charge in [-0.05, 0) is 66.8 Å². The third-order valence-corrected chi connectivity index (χ3v) is 8.36. The predicted octanol–water partition coefficient (Wildman–Crippen LogP) is 6.51. The second-order valence-corrected chi connectivity index (χ2v) is 11.4. The van der Waals surface area contributed by atoms with E-state index in [1.807, 2.05) is 12.1 Å². The summed E-state index contributed by atoms with van der Waals surface area (Å²) in [7, 11) is -4.35. The van der Waals surface area contributed by atoms with Gasteiger partial charge in [-0.1, -0.05) is 41.4 Å². The minimum Gasteiger partial charge on any atom is -0.354 e. The Hall–Kier alpha value is -2.40. The molecule has 192 valence electrons. The van der Waals surface area contributed by atoms with Crippen LogP contribution in [0.4, 0.5) is 18.9 Å². The quantitative estimate of drug-likeness (QED) is 0.221. The van der Waals surface area contributed by atoms with E-state index in [1.165, 1.54) is 24.3 Å². The highest BCUT2D eigenvalue weighted by molar-refractivity contribution is 7.99. The van der Waals surface area contributed by atoms with Crippen molar-refractivity contribution in [2.75, 3.05) is 23.1 Å². The molecule has 0 saturated carbocycles. The average Bonchev–Trinajstić information content (AvgIpc) is 2.84. The van der Waals surface area contributed by atoms with Crippen molar-refractivity contribution in [2.45, 2.75) is 22.4 Å². The molecule has 0 fully saturated rings. The van der Waals surface area contributed by atoms with Crippen molar-refractivity contribution in [1.29, 1.82) is 0 Å². The van der Waals surface area contributed by atoms with Crippen LogP contribution in [0, 0.1) is 0 Å². The maximum atomic E-state index is 13.4. The number of alkyl halides is 3. The molecule has 1 amide bonds. The van der Waals surface area contributed by atoms with Crippen LogP contribution in [0.15, 0.2) is 82.6 Å². The third kappa shape index (κ3) is 7.55. The number of sulfonamides is 1. The van der Waals surface area contributed by atoms with Gasteiger partial charge in [0.2, 0.25) is 5.91 Å². The number of amides is 1. The maximum Gasteiger partial charge on any atom is 0.417 e. The first kappa shape index (κ1) is 28.2. The van der Waals surface area contributed by atoms with Crippen LogP contribution < -0.4 is 9.62 Å². The maximum absolute atomic E-state index is 13.4. The summed E-state index contributed by atoms with van der Waals surface area (Å²) in [5.74, 6) is 0.0228. The minimum atomic E-state index is -4.81. The third-order valence-electron chi connectivity index (χ3n) is 4.89. The molecule has 0 saturated heterocycles. The van der Waals surface area contributed by atoms with Gasteiger partial charge in [-0.25, -0.2) is 8.42 Å². The molecule has 0 aliphatic heterocycles. The lowest BCUT2D eigenvalue weighted by molar-refractivity contribution is -0.137. The van der Waals surface area contributed by atoms with Crippen LogP contribution in [-0.2, 0) is 21.0 Å². The monoisotopic (exact) mass is 576 g/mol. The number of thioether (sulfide) groups is 1. The lowest BCUT2D eigenvalue weighted by Gasteiger charge is -2.25. The van der Waals surface area contributed by atoms with Crippen LogP contribution >= 0.6 is 35.0 Å². The Morgan fingerprint density at radius 3 is 2.28 bits per heavy atom. The lowest BCUT2D eigenvalue weighted by atomic mass is 10.2. The van der Waals surface area contributed by atoms with Crippen molar-refractivity contribution >= 4 is 56.6 Å². The Kier molecular flexibility index (Phi) is 9.57. The zero-order chi connectivity index (χ0) is 26.3. The first-order valence-electron chi connectivity index (χ1n) is 10.6. The van der Waals surface area contributed by atoms with Crippen molar-refractivity contribution in [2.24, 2.45) is 0 Å². The molecule has 0 aromatic heterocycles. The summed E-state index contributed by atoms with van der Waals surface area (Å²) in [5.41, 5.74) is -1.53. The Morgan fingerprint density at radius 1 is 0.972 bits per heavy atom. The van der Waals surface area contributed by atoms with Crippen LogP contribution in [0.1, 0.15) is 12.0 Å². The van der Waals surface area contributed by atoms with Crippen molar-refractivity contribution in [3.8, 4) is 0 Å². The highest BCUT2D eigenvalue weighted by Crippen LogP contribution is 2.38. The Labute approximate surface area is 221 Å². The molecule has 3 aromatic rings. The number of carbonyl (C=O) groups is 1. The first-order valence-corrected chi connectivity index (χ1v) is 13.8. The molecule has 0 spiro atoms. The average molecular weight is 577 g/mol. The van der Waals surface area contributed by atoms with Crippen molar-refractivity contribution in [3.05, 3.63) is 88.4 Å². The smallest absolute Gasteiger partial charge is 0.354 e. The van der Waals surface area contributed by atoms with Crippen LogP contribution in [0.2, 0.25) is 10.0 Å². The summed E-state index contributed by atoms with van der Waals surface area (Å²) in [6, 6.07) is 17.2. The van der Waals surface area contributed by atoms with Crippen molar-refractivity contribution < 1.29 is 26.4 Å². The number of nitrogens with one attached hydrogen (secondary N) is 1. The summed E-state index contributed by atoms with van der Waals surface area (Å²) < 4.78 is 67.5. The van der Waals surface area contributed by atoms with Crippen molar-refractivity contribution in [3.63, 3.8) is 0 Å². The van der Waals surface area contributed by atoms with E-state index in [2.05, 4.69) is 5.32 Å². The van der Waals surface area contributed by atoms with Gasteiger partial charge >= 0.3 is 6.18 Å². The predicted molar refractivity (Wildman–Crippen MR) is 137 cm³/mol. The standard InChI is InChI=1S/C24H21Cl2F3N2O3S2/c25-17-7-10-19(11-8-17)35-14-4-13-30-23(32)16-31(36(33,34)20-5-2-1-3-6-20)18-9-12-22(26)21(15-18)24(27,28)29/h1-3,5-12,15H,4,13-14,16H2,(H,30,32). The molecule has 1 N–H and O–H groups in total. The van der Waals surface area contributed by atoms with Crippen LogP contribution in [0.5, 0.6) is 0 Å². The molecule has 0 atom stereocenters. The van der Waals surface area contributed by atoms with Gasteiger partial charge in [0.05, 0.1) is 21.2 Å². The molecule has 0 heterocycles. The number of halogens is 5. The molecule has 5 nitrogen and oxygen atoms in total. The topological polar surface area (TPSA) is 66.5 Å². The fourth-order valence-electron chi connectivity index (χ4n) is 3.13. The molecule has 12 heteroatoms. The molecule has 0 unspecified atom stereocenters. The summed E-state index contributed by atoms with van der Waals surface area (Å²) in [5, 5.41) is 2.68. The molecule has 0 aliphatic rings. The van der Waals surface area contributed by atoms with E-state index in [0.717, 1.165) is 17.0 Å². The van der Waals surface area contributed by atoms with Gasteiger partial charge in [-0.2, -0.15) is 13.2 Å². The second-order valence-electron chi connectivity index (χ2n) is 7.49. The number of benzene rings is 3. The molecule has 0 aliphatic carbocycles. The highest BCUT2D eigenvalue weighted by Gasteiger charge is 2.35. The summed E-state index contributed by atoms with van der Waals surface area (Å²) >= 11 is 13.1. The zero-order valence-corrected chi connectivity index (χ0v) is 21.8. The number of anilines is 1. The summed E-state index contributed by atoms with van der Waals surface area (Å²) in [6.45, 7) is -0.451. The van der Waals surface area contributed by atoms with Crippen LogP contribution in [0.3, 0.4) is 0 Å². The van der Waals surface area contributed by atoms with E-state index >= 15 is 0 Å². The zero-order valence-electron chi connectivity index (χ0n) is 18.6.